The molecule has 0 fully saturated rings. The Labute approximate surface area is 131 Å². The number of nitrogens with zero attached hydrogens (tertiary/aromatic N) is 1. The number of cyclic esters (lactones) is 1. The third-order valence-corrected chi connectivity index (χ3v) is 3.64. The second-order valence-electron chi connectivity index (χ2n) is 4.71. The Morgan fingerprint density at radius 3 is 2.71 bits per heavy atom. The Morgan fingerprint density at radius 2 is 1.95 bits per heavy atom. The van der Waals surface area contributed by atoms with Crippen molar-refractivity contribution < 1.29 is 9.53 Å². The van der Waals surface area contributed by atoms with E-state index in [1.165, 1.54) is 0 Å². The molecule has 2 aromatic rings. The summed E-state index contributed by atoms with van der Waals surface area (Å²) >= 11 is 3.40. The Morgan fingerprint density at radius 1 is 1.14 bits per heavy atom. The molecule has 3 nitrogen and oxygen atoms in total. The molecule has 0 N–H and O–H groups in total. The van der Waals surface area contributed by atoms with Gasteiger partial charge in [-0.1, -0.05) is 46.3 Å². The van der Waals surface area contributed by atoms with Crippen LogP contribution in [0.3, 0.4) is 0 Å². The molecule has 0 saturated heterocycles. The summed E-state index contributed by atoms with van der Waals surface area (Å²) in [4.78, 5) is 16.3. The third-order valence-electron chi connectivity index (χ3n) is 3.15. The molecule has 0 amide bonds. The van der Waals surface area contributed by atoms with Crippen molar-refractivity contribution in [2.24, 2.45) is 4.99 Å². The van der Waals surface area contributed by atoms with Crippen LogP contribution in [-0.2, 0) is 9.53 Å². The molecule has 0 atom stereocenters. The molecular formula is C17H12BrNO2. The molecule has 0 aliphatic carbocycles. The highest BCUT2D eigenvalue weighted by Gasteiger charge is 2.24. The van der Waals surface area contributed by atoms with E-state index in [0.717, 1.165) is 21.2 Å². The number of esters is 1. The van der Waals surface area contributed by atoms with Crippen LogP contribution >= 0.6 is 15.9 Å². The second kappa shape index (κ2) is 5.66. The van der Waals surface area contributed by atoms with Gasteiger partial charge in [0.25, 0.3) is 0 Å². The average Bonchev–Trinajstić information content (AvgIpc) is 2.80. The van der Waals surface area contributed by atoms with Gasteiger partial charge >= 0.3 is 5.97 Å². The van der Waals surface area contributed by atoms with Crippen molar-refractivity contribution in [2.45, 2.75) is 6.92 Å². The van der Waals surface area contributed by atoms with Gasteiger partial charge in [0.1, 0.15) is 0 Å². The van der Waals surface area contributed by atoms with E-state index in [4.69, 9.17) is 4.74 Å². The largest absolute Gasteiger partial charge is 0.402 e. The zero-order valence-corrected chi connectivity index (χ0v) is 12.9. The van der Waals surface area contributed by atoms with Gasteiger partial charge in [-0.3, -0.25) is 0 Å². The van der Waals surface area contributed by atoms with Crippen LogP contribution in [0.1, 0.15) is 16.7 Å². The first-order chi connectivity index (χ1) is 10.1. The highest BCUT2D eigenvalue weighted by atomic mass is 79.9. The Balaban J connectivity index is 1.98. The topological polar surface area (TPSA) is 38.7 Å². The van der Waals surface area contributed by atoms with Crippen molar-refractivity contribution >= 4 is 33.9 Å². The minimum absolute atomic E-state index is 0.311. The zero-order chi connectivity index (χ0) is 14.8. The highest BCUT2D eigenvalue weighted by molar-refractivity contribution is 9.10. The van der Waals surface area contributed by atoms with Crippen LogP contribution in [0.15, 0.2) is 63.7 Å². The summed E-state index contributed by atoms with van der Waals surface area (Å²) in [6.07, 6.45) is 1.72. The fourth-order valence-electron chi connectivity index (χ4n) is 2.09. The van der Waals surface area contributed by atoms with E-state index in [-0.39, 0.29) is 0 Å². The SMILES string of the molecule is Cc1ccccc1C1=NC(=Cc2cccc(Br)c2)C(=O)O1. The number of halogens is 1. The van der Waals surface area contributed by atoms with E-state index >= 15 is 0 Å². The summed E-state index contributed by atoms with van der Waals surface area (Å²) in [5, 5.41) is 0. The van der Waals surface area contributed by atoms with E-state index in [0.29, 0.717) is 11.6 Å². The Kier molecular flexibility index (Phi) is 3.71. The van der Waals surface area contributed by atoms with Gasteiger partial charge in [-0.15, -0.1) is 0 Å². The molecule has 0 unspecified atom stereocenters. The average molecular weight is 342 g/mol. The van der Waals surface area contributed by atoms with Gasteiger partial charge in [0, 0.05) is 10.0 Å². The van der Waals surface area contributed by atoms with Crippen LogP contribution in [0.2, 0.25) is 0 Å². The fourth-order valence-corrected chi connectivity index (χ4v) is 2.51. The van der Waals surface area contributed by atoms with Crippen molar-refractivity contribution in [3.05, 3.63) is 75.4 Å². The summed E-state index contributed by atoms with van der Waals surface area (Å²) in [6, 6.07) is 15.3. The van der Waals surface area contributed by atoms with E-state index < -0.39 is 5.97 Å². The van der Waals surface area contributed by atoms with Crippen molar-refractivity contribution in [3.63, 3.8) is 0 Å². The molecule has 104 valence electrons. The third kappa shape index (κ3) is 2.95. The summed E-state index contributed by atoms with van der Waals surface area (Å²) < 4.78 is 6.22. The second-order valence-corrected chi connectivity index (χ2v) is 5.62. The maximum Gasteiger partial charge on any atom is 0.363 e. The standard InChI is InChI=1S/C17H12BrNO2/c1-11-5-2-3-8-14(11)16-19-15(17(20)21-16)10-12-6-4-7-13(18)9-12/h2-10H,1H3. The molecule has 21 heavy (non-hydrogen) atoms. The van der Waals surface area contributed by atoms with Gasteiger partial charge in [0.05, 0.1) is 0 Å². The van der Waals surface area contributed by atoms with Crippen LogP contribution in [0.25, 0.3) is 6.08 Å². The predicted octanol–water partition coefficient (Wildman–Crippen LogP) is 4.10. The molecule has 0 bridgehead atoms. The van der Waals surface area contributed by atoms with Gasteiger partial charge in [-0.25, -0.2) is 9.79 Å². The lowest BCUT2D eigenvalue weighted by Gasteiger charge is -2.02. The molecule has 1 aliphatic rings. The minimum atomic E-state index is -0.423. The quantitative estimate of drug-likeness (QED) is 0.609. The number of carbonyl (C=O) groups is 1. The monoisotopic (exact) mass is 341 g/mol. The van der Waals surface area contributed by atoms with Crippen LogP contribution in [-0.4, -0.2) is 11.9 Å². The molecule has 2 aromatic carbocycles. The van der Waals surface area contributed by atoms with Crippen molar-refractivity contribution in [1.29, 1.82) is 0 Å². The highest BCUT2D eigenvalue weighted by Crippen LogP contribution is 2.21. The first-order valence-corrected chi connectivity index (χ1v) is 7.27. The van der Waals surface area contributed by atoms with E-state index in [1.54, 1.807) is 6.08 Å². The van der Waals surface area contributed by atoms with Crippen LogP contribution in [0.4, 0.5) is 0 Å². The summed E-state index contributed by atoms with van der Waals surface area (Å²) in [5.41, 5.74) is 3.06. The Hall–Kier alpha value is -2.20. The molecule has 0 aromatic heterocycles. The molecule has 1 heterocycles. The number of ether oxygens (including phenoxy) is 1. The van der Waals surface area contributed by atoms with E-state index in [1.807, 2.05) is 55.5 Å². The van der Waals surface area contributed by atoms with Crippen LogP contribution in [0.5, 0.6) is 0 Å². The normalized spacial score (nSPS) is 16.0. The fraction of sp³-hybridized carbons (Fsp3) is 0.0588. The maximum absolute atomic E-state index is 11.9. The van der Waals surface area contributed by atoms with E-state index in [2.05, 4.69) is 20.9 Å². The number of aryl methyl sites for hydroxylation is 1. The molecule has 0 spiro atoms. The first-order valence-electron chi connectivity index (χ1n) is 6.47. The maximum atomic E-state index is 11.9. The van der Waals surface area contributed by atoms with Crippen molar-refractivity contribution in [2.75, 3.05) is 0 Å². The number of hydrogen-bond acceptors (Lipinski definition) is 3. The smallest absolute Gasteiger partial charge is 0.363 e. The van der Waals surface area contributed by atoms with Crippen molar-refractivity contribution in [1.82, 2.24) is 0 Å². The van der Waals surface area contributed by atoms with Gasteiger partial charge in [0.2, 0.25) is 5.90 Å². The molecule has 4 heteroatoms. The summed E-state index contributed by atoms with van der Waals surface area (Å²) in [5.74, 6) is -0.0624. The number of carbonyl (C=O) groups excluding carboxylic acids is 1. The van der Waals surface area contributed by atoms with Gasteiger partial charge in [-0.2, -0.15) is 0 Å². The number of aliphatic imine (C=N–C) groups is 1. The zero-order valence-electron chi connectivity index (χ0n) is 11.3. The van der Waals surface area contributed by atoms with Crippen LogP contribution in [0, 0.1) is 6.92 Å². The predicted molar refractivity (Wildman–Crippen MR) is 85.9 cm³/mol. The molecular weight excluding hydrogens is 330 g/mol. The first kappa shape index (κ1) is 13.8. The Bertz CT molecular complexity index is 778. The number of benzene rings is 2. The summed E-state index contributed by atoms with van der Waals surface area (Å²) in [6.45, 7) is 1.96. The number of hydrogen-bond donors (Lipinski definition) is 0. The molecule has 1 aliphatic heterocycles. The molecule has 0 saturated carbocycles. The van der Waals surface area contributed by atoms with Gasteiger partial charge in [0.15, 0.2) is 5.70 Å². The van der Waals surface area contributed by atoms with Gasteiger partial charge < -0.3 is 4.74 Å². The molecule has 3 rings (SSSR count). The van der Waals surface area contributed by atoms with E-state index in [9.17, 15) is 4.79 Å². The van der Waals surface area contributed by atoms with Crippen molar-refractivity contribution in [3.8, 4) is 0 Å². The lowest BCUT2D eigenvalue weighted by molar-refractivity contribution is -0.129. The lowest BCUT2D eigenvalue weighted by Crippen LogP contribution is -2.06. The minimum Gasteiger partial charge on any atom is -0.402 e. The van der Waals surface area contributed by atoms with Gasteiger partial charge in [-0.05, 0) is 42.3 Å². The lowest BCUT2D eigenvalue weighted by atomic mass is 10.1. The molecule has 0 radical (unpaired) electrons. The summed E-state index contributed by atoms with van der Waals surface area (Å²) in [7, 11) is 0. The number of rotatable bonds is 2. The van der Waals surface area contributed by atoms with Crippen LogP contribution < -0.4 is 0 Å².